The van der Waals surface area contributed by atoms with Crippen LogP contribution in [0.25, 0.3) is 11.0 Å². The van der Waals surface area contributed by atoms with Crippen molar-refractivity contribution in [3.63, 3.8) is 0 Å². The Morgan fingerprint density at radius 2 is 1.87 bits per heavy atom. The molecule has 1 fully saturated rings. The number of amides is 1. The van der Waals surface area contributed by atoms with Gasteiger partial charge in [-0.05, 0) is 12.1 Å². The van der Waals surface area contributed by atoms with Gasteiger partial charge in [0.2, 0.25) is 5.91 Å². The number of para-hydroxylation sites is 2. The zero-order valence-corrected chi connectivity index (χ0v) is 13.1. The van der Waals surface area contributed by atoms with E-state index >= 15 is 0 Å². The van der Waals surface area contributed by atoms with Crippen molar-refractivity contribution >= 4 is 16.9 Å². The molecule has 23 heavy (non-hydrogen) atoms. The maximum Gasteiger partial charge on any atom is 0.269 e. The minimum absolute atomic E-state index is 0.0191. The number of nitrogens with zero attached hydrogens (tertiary/aromatic N) is 3. The number of hydrogen-bond acceptors (Lipinski definition) is 5. The molecule has 0 N–H and O–H groups in total. The topological polar surface area (TPSA) is 73.7 Å². The molecule has 0 saturated carbocycles. The third-order valence-corrected chi connectivity index (χ3v) is 4.22. The average Bonchev–Trinajstić information content (AvgIpc) is 3.01. The maximum absolute atomic E-state index is 12.6. The Labute approximate surface area is 133 Å². The van der Waals surface area contributed by atoms with Crippen LogP contribution in [-0.4, -0.2) is 59.9 Å². The van der Waals surface area contributed by atoms with E-state index in [0.29, 0.717) is 24.1 Å². The Morgan fingerprint density at radius 1 is 1.22 bits per heavy atom. The van der Waals surface area contributed by atoms with Gasteiger partial charge >= 0.3 is 0 Å². The summed E-state index contributed by atoms with van der Waals surface area (Å²) in [4.78, 5) is 30.4. The minimum atomic E-state index is -0.289. The molecule has 1 aromatic carbocycles. The number of ether oxygens (including phenoxy) is 2. The quantitative estimate of drug-likeness (QED) is 0.809. The highest BCUT2D eigenvalue weighted by Gasteiger charge is 2.35. The van der Waals surface area contributed by atoms with Crippen LogP contribution in [0.1, 0.15) is 0 Å². The van der Waals surface area contributed by atoms with E-state index in [0.717, 1.165) is 0 Å². The molecule has 1 aromatic heterocycles. The van der Waals surface area contributed by atoms with Crippen LogP contribution in [0.3, 0.4) is 0 Å². The van der Waals surface area contributed by atoms with Crippen molar-refractivity contribution in [1.82, 2.24) is 14.5 Å². The van der Waals surface area contributed by atoms with E-state index in [4.69, 9.17) is 9.47 Å². The lowest BCUT2D eigenvalue weighted by Gasteiger charge is -2.17. The summed E-state index contributed by atoms with van der Waals surface area (Å²) in [5.41, 5.74) is 1.05. The molecule has 7 heteroatoms. The summed E-state index contributed by atoms with van der Waals surface area (Å²) >= 11 is 0. The second-order valence-electron chi connectivity index (χ2n) is 5.52. The van der Waals surface area contributed by atoms with E-state index < -0.39 is 0 Å². The molecule has 1 aliphatic rings. The highest BCUT2D eigenvalue weighted by Crippen LogP contribution is 2.16. The lowest BCUT2D eigenvalue weighted by atomic mass is 10.3. The normalized spacial score (nSPS) is 21.0. The van der Waals surface area contributed by atoms with Gasteiger partial charge in [-0.25, -0.2) is 4.98 Å². The fourth-order valence-electron chi connectivity index (χ4n) is 2.91. The number of carbonyl (C=O) groups excluding carboxylic acids is 1. The molecule has 2 heterocycles. The van der Waals surface area contributed by atoms with Gasteiger partial charge in [-0.15, -0.1) is 0 Å². The zero-order valence-electron chi connectivity index (χ0n) is 13.1. The van der Waals surface area contributed by atoms with Crippen molar-refractivity contribution in [2.24, 2.45) is 0 Å². The van der Waals surface area contributed by atoms with Crippen molar-refractivity contribution in [2.45, 2.75) is 18.8 Å². The second kappa shape index (κ2) is 6.47. The number of hydrogen-bond donors (Lipinski definition) is 0. The van der Waals surface area contributed by atoms with E-state index in [-0.39, 0.29) is 30.2 Å². The fourth-order valence-corrected chi connectivity index (χ4v) is 2.91. The van der Waals surface area contributed by atoms with E-state index in [9.17, 15) is 9.59 Å². The van der Waals surface area contributed by atoms with Gasteiger partial charge in [0.25, 0.3) is 5.56 Å². The lowest BCUT2D eigenvalue weighted by molar-refractivity contribution is -0.131. The SMILES string of the molecule is CO[C@H]1CN(C(=O)Cn2c(=O)cnc3ccccc32)C[C@H]1OC. The van der Waals surface area contributed by atoms with Crippen molar-refractivity contribution in [1.29, 1.82) is 0 Å². The van der Waals surface area contributed by atoms with Crippen LogP contribution in [0.5, 0.6) is 0 Å². The Balaban J connectivity index is 1.84. The van der Waals surface area contributed by atoms with Crippen LogP contribution < -0.4 is 5.56 Å². The van der Waals surface area contributed by atoms with Gasteiger partial charge in [0.1, 0.15) is 18.8 Å². The summed E-state index contributed by atoms with van der Waals surface area (Å²) in [6.07, 6.45) is 0.958. The van der Waals surface area contributed by atoms with Gasteiger partial charge in [0, 0.05) is 27.3 Å². The van der Waals surface area contributed by atoms with Gasteiger partial charge in [-0.3, -0.25) is 14.2 Å². The minimum Gasteiger partial charge on any atom is -0.377 e. The average molecular weight is 317 g/mol. The molecular weight excluding hydrogens is 298 g/mol. The lowest BCUT2D eigenvalue weighted by Crippen LogP contribution is -2.36. The Hall–Kier alpha value is -2.25. The van der Waals surface area contributed by atoms with Crippen molar-refractivity contribution in [2.75, 3.05) is 27.3 Å². The molecule has 0 spiro atoms. The predicted octanol–water partition coefficient (Wildman–Crippen LogP) is 0.269. The first kappa shape index (κ1) is 15.6. The van der Waals surface area contributed by atoms with Crippen LogP contribution in [0.15, 0.2) is 35.3 Å². The molecule has 2 aromatic rings. The molecule has 1 aliphatic heterocycles. The Bertz CT molecular complexity index is 761. The van der Waals surface area contributed by atoms with Gasteiger partial charge in [0.05, 0.1) is 17.2 Å². The van der Waals surface area contributed by atoms with Crippen LogP contribution in [-0.2, 0) is 20.8 Å². The van der Waals surface area contributed by atoms with Crippen molar-refractivity contribution in [3.8, 4) is 0 Å². The largest absolute Gasteiger partial charge is 0.377 e. The predicted molar refractivity (Wildman–Crippen MR) is 84.2 cm³/mol. The van der Waals surface area contributed by atoms with E-state index in [2.05, 4.69) is 4.98 Å². The van der Waals surface area contributed by atoms with E-state index in [1.54, 1.807) is 25.2 Å². The van der Waals surface area contributed by atoms with E-state index in [1.807, 2.05) is 18.2 Å². The molecule has 3 rings (SSSR count). The summed E-state index contributed by atoms with van der Waals surface area (Å²) in [7, 11) is 3.21. The molecule has 0 bridgehead atoms. The van der Waals surface area contributed by atoms with Gasteiger partial charge in [-0.1, -0.05) is 12.1 Å². The summed E-state index contributed by atoms with van der Waals surface area (Å²) in [6.45, 7) is 0.909. The standard InChI is InChI=1S/C16H19N3O4/c1-22-13-8-18(9-14(13)23-2)16(21)10-19-12-6-4-3-5-11(12)17-7-15(19)20/h3-7,13-14H,8-10H2,1-2H3/t13-,14+. The summed E-state index contributed by atoms with van der Waals surface area (Å²) < 4.78 is 12.1. The van der Waals surface area contributed by atoms with Crippen molar-refractivity contribution < 1.29 is 14.3 Å². The molecular formula is C16H19N3O4. The van der Waals surface area contributed by atoms with Crippen LogP contribution >= 0.6 is 0 Å². The summed E-state index contributed by atoms with van der Waals surface area (Å²) in [6, 6.07) is 7.27. The molecule has 1 amide bonds. The number of fused-ring (bicyclic) bond motifs is 1. The molecule has 1 saturated heterocycles. The highest BCUT2D eigenvalue weighted by atomic mass is 16.5. The first-order valence-electron chi connectivity index (χ1n) is 7.42. The monoisotopic (exact) mass is 317 g/mol. The molecule has 122 valence electrons. The van der Waals surface area contributed by atoms with Crippen LogP contribution in [0.4, 0.5) is 0 Å². The van der Waals surface area contributed by atoms with Crippen LogP contribution in [0.2, 0.25) is 0 Å². The number of carbonyl (C=O) groups is 1. The summed E-state index contributed by atoms with van der Waals surface area (Å²) in [5.74, 6) is -0.134. The maximum atomic E-state index is 12.6. The number of likely N-dealkylation sites (tertiary alicyclic amines) is 1. The molecule has 7 nitrogen and oxygen atoms in total. The molecule has 0 aliphatic carbocycles. The molecule has 2 atom stereocenters. The number of aromatic nitrogens is 2. The van der Waals surface area contributed by atoms with Gasteiger partial charge in [-0.2, -0.15) is 0 Å². The number of rotatable bonds is 4. The number of benzene rings is 1. The van der Waals surface area contributed by atoms with E-state index in [1.165, 1.54) is 10.8 Å². The van der Waals surface area contributed by atoms with Crippen molar-refractivity contribution in [3.05, 3.63) is 40.8 Å². The van der Waals surface area contributed by atoms with Gasteiger partial charge < -0.3 is 14.4 Å². The number of methoxy groups -OCH3 is 2. The zero-order chi connectivity index (χ0) is 16.4. The second-order valence-corrected chi connectivity index (χ2v) is 5.52. The first-order valence-corrected chi connectivity index (χ1v) is 7.42. The highest BCUT2D eigenvalue weighted by molar-refractivity contribution is 5.80. The Morgan fingerprint density at radius 3 is 2.52 bits per heavy atom. The third kappa shape index (κ3) is 2.97. The first-order chi connectivity index (χ1) is 11.1. The van der Waals surface area contributed by atoms with Gasteiger partial charge in [0.15, 0.2) is 0 Å². The summed E-state index contributed by atoms with van der Waals surface area (Å²) in [5, 5.41) is 0. The smallest absolute Gasteiger partial charge is 0.269 e. The molecule has 0 unspecified atom stereocenters. The fraction of sp³-hybridized carbons (Fsp3) is 0.438. The Kier molecular flexibility index (Phi) is 4.40. The molecule has 0 radical (unpaired) electrons. The van der Waals surface area contributed by atoms with Crippen LogP contribution in [0, 0.1) is 0 Å². The third-order valence-electron chi connectivity index (χ3n) is 4.22.